The minimum atomic E-state index is -0.267. The van der Waals surface area contributed by atoms with Gasteiger partial charge >= 0.3 is 0 Å². The van der Waals surface area contributed by atoms with Crippen LogP contribution in [-0.2, 0) is 5.88 Å². The zero-order valence-corrected chi connectivity index (χ0v) is 10.7. The first-order valence-corrected chi connectivity index (χ1v) is 6.86. The van der Waals surface area contributed by atoms with Gasteiger partial charge in [-0.2, -0.15) is 11.8 Å². The smallest absolute Gasteiger partial charge is 0.170 e. The molecule has 1 aliphatic heterocycles. The van der Waals surface area contributed by atoms with E-state index in [1.165, 1.54) is 0 Å². The first kappa shape index (κ1) is 12.0. The monoisotopic (exact) mass is 260 g/mol. The van der Waals surface area contributed by atoms with Gasteiger partial charge in [0, 0.05) is 35.9 Å². The van der Waals surface area contributed by atoms with Crippen LogP contribution in [0, 0.1) is 5.82 Å². The number of thioether (sulfide) groups is 1. The van der Waals surface area contributed by atoms with E-state index in [1.54, 1.807) is 12.3 Å². The van der Waals surface area contributed by atoms with Crippen molar-refractivity contribution in [2.75, 3.05) is 23.7 Å². The van der Waals surface area contributed by atoms with E-state index in [2.05, 4.69) is 11.9 Å². The van der Waals surface area contributed by atoms with E-state index in [0.717, 1.165) is 18.8 Å². The molecule has 1 aliphatic rings. The lowest BCUT2D eigenvalue weighted by Crippen LogP contribution is -2.37. The van der Waals surface area contributed by atoms with Gasteiger partial charge in [-0.05, 0) is 6.07 Å². The summed E-state index contributed by atoms with van der Waals surface area (Å²) < 4.78 is 14.0. The van der Waals surface area contributed by atoms with Gasteiger partial charge in [0.1, 0.15) is 0 Å². The van der Waals surface area contributed by atoms with Crippen LogP contribution in [0.5, 0.6) is 0 Å². The Balaban J connectivity index is 2.25. The van der Waals surface area contributed by atoms with E-state index in [1.807, 2.05) is 16.7 Å². The quantitative estimate of drug-likeness (QED) is 0.761. The van der Waals surface area contributed by atoms with Gasteiger partial charge in [0.25, 0.3) is 0 Å². The molecular formula is C11H14ClFN2S. The summed E-state index contributed by atoms with van der Waals surface area (Å²) in [4.78, 5) is 6.13. The van der Waals surface area contributed by atoms with Gasteiger partial charge in [-0.25, -0.2) is 9.37 Å². The van der Waals surface area contributed by atoms with E-state index in [-0.39, 0.29) is 11.7 Å². The number of aromatic nitrogens is 1. The molecule has 5 heteroatoms. The Morgan fingerprint density at radius 3 is 3.19 bits per heavy atom. The lowest BCUT2D eigenvalue weighted by molar-refractivity contribution is 0.598. The largest absolute Gasteiger partial charge is 0.352 e. The molecule has 16 heavy (non-hydrogen) atoms. The van der Waals surface area contributed by atoms with Crippen LogP contribution in [0.15, 0.2) is 12.3 Å². The van der Waals surface area contributed by atoms with Crippen molar-refractivity contribution < 1.29 is 4.39 Å². The molecule has 0 bridgehead atoms. The molecule has 1 fully saturated rings. The standard InChI is InChI=1S/C11H14ClFN2S/c1-8-7-15(4-5-16-8)11-10(13)9(6-12)2-3-14-11/h2-3,8H,4-7H2,1H3. The SMILES string of the molecule is CC1CN(c2nccc(CCl)c2F)CCS1. The molecule has 0 radical (unpaired) electrons. The highest BCUT2D eigenvalue weighted by Gasteiger charge is 2.21. The zero-order valence-electron chi connectivity index (χ0n) is 9.12. The van der Waals surface area contributed by atoms with Gasteiger partial charge in [0.15, 0.2) is 11.6 Å². The summed E-state index contributed by atoms with van der Waals surface area (Å²) in [6.07, 6.45) is 1.63. The van der Waals surface area contributed by atoms with Crippen molar-refractivity contribution in [1.29, 1.82) is 0 Å². The predicted octanol–water partition coefficient (Wildman–Crippen LogP) is 2.90. The molecule has 1 atom stereocenters. The van der Waals surface area contributed by atoms with E-state index in [9.17, 15) is 4.39 Å². The van der Waals surface area contributed by atoms with E-state index in [4.69, 9.17) is 11.6 Å². The molecule has 0 amide bonds. The van der Waals surface area contributed by atoms with Gasteiger partial charge in [0.2, 0.25) is 0 Å². The average molecular weight is 261 g/mol. The van der Waals surface area contributed by atoms with Gasteiger partial charge in [-0.1, -0.05) is 6.92 Å². The number of pyridine rings is 1. The number of rotatable bonds is 2. The highest BCUT2D eigenvalue weighted by atomic mass is 35.5. The van der Waals surface area contributed by atoms with Gasteiger partial charge in [-0.15, -0.1) is 11.6 Å². The molecule has 1 aromatic heterocycles. The molecule has 1 unspecified atom stereocenters. The second-order valence-electron chi connectivity index (χ2n) is 3.87. The Hall–Kier alpha value is -0.480. The first-order chi connectivity index (χ1) is 7.72. The van der Waals surface area contributed by atoms with Gasteiger partial charge in [-0.3, -0.25) is 0 Å². The Morgan fingerprint density at radius 1 is 1.69 bits per heavy atom. The maximum absolute atomic E-state index is 14.0. The minimum Gasteiger partial charge on any atom is -0.352 e. The van der Waals surface area contributed by atoms with Crippen molar-refractivity contribution in [1.82, 2.24) is 4.98 Å². The van der Waals surface area contributed by atoms with Crippen molar-refractivity contribution in [2.45, 2.75) is 18.1 Å². The molecule has 0 saturated carbocycles. The Bertz CT molecular complexity index is 375. The number of nitrogens with zero attached hydrogens (tertiary/aromatic N) is 2. The van der Waals surface area contributed by atoms with Crippen LogP contribution >= 0.6 is 23.4 Å². The lowest BCUT2D eigenvalue weighted by atomic mass is 10.2. The zero-order chi connectivity index (χ0) is 11.5. The molecular weight excluding hydrogens is 247 g/mol. The fourth-order valence-corrected chi connectivity index (χ4v) is 3.03. The van der Waals surface area contributed by atoms with Crippen molar-refractivity contribution in [3.05, 3.63) is 23.6 Å². The van der Waals surface area contributed by atoms with E-state index in [0.29, 0.717) is 16.6 Å². The number of alkyl halides is 1. The molecule has 1 aromatic rings. The molecule has 2 heterocycles. The summed E-state index contributed by atoms with van der Waals surface area (Å²) >= 11 is 7.60. The molecule has 88 valence electrons. The highest BCUT2D eigenvalue weighted by Crippen LogP contribution is 2.26. The maximum Gasteiger partial charge on any atom is 0.170 e. The van der Waals surface area contributed by atoms with Crippen LogP contribution in [0.25, 0.3) is 0 Å². The molecule has 0 aromatic carbocycles. The molecule has 1 saturated heterocycles. The third-order valence-corrected chi connectivity index (χ3v) is 4.06. The molecule has 0 N–H and O–H groups in total. The number of anilines is 1. The Labute approximate surface area is 104 Å². The van der Waals surface area contributed by atoms with Crippen LogP contribution in [0.2, 0.25) is 0 Å². The predicted molar refractivity (Wildman–Crippen MR) is 67.9 cm³/mol. The second kappa shape index (κ2) is 5.23. The van der Waals surface area contributed by atoms with E-state index < -0.39 is 0 Å². The van der Waals surface area contributed by atoms with Crippen molar-refractivity contribution in [3.8, 4) is 0 Å². The number of halogens is 2. The maximum atomic E-state index is 14.0. The van der Waals surface area contributed by atoms with Crippen LogP contribution < -0.4 is 4.90 Å². The summed E-state index contributed by atoms with van der Waals surface area (Å²) in [6.45, 7) is 3.85. The molecule has 2 nitrogen and oxygen atoms in total. The van der Waals surface area contributed by atoms with E-state index >= 15 is 0 Å². The fourth-order valence-electron chi connectivity index (χ4n) is 1.81. The highest BCUT2D eigenvalue weighted by molar-refractivity contribution is 8.00. The molecule has 0 aliphatic carbocycles. The van der Waals surface area contributed by atoms with Gasteiger partial charge in [0.05, 0.1) is 5.88 Å². The third-order valence-electron chi connectivity index (χ3n) is 2.64. The topological polar surface area (TPSA) is 16.1 Å². The fraction of sp³-hybridized carbons (Fsp3) is 0.545. The summed E-state index contributed by atoms with van der Waals surface area (Å²) in [6, 6.07) is 1.63. The lowest BCUT2D eigenvalue weighted by Gasteiger charge is -2.31. The molecule has 2 rings (SSSR count). The van der Waals surface area contributed by atoms with Crippen LogP contribution in [0.1, 0.15) is 12.5 Å². The summed E-state index contributed by atoms with van der Waals surface area (Å²) in [5.41, 5.74) is 0.526. The first-order valence-electron chi connectivity index (χ1n) is 5.28. The Morgan fingerprint density at radius 2 is 2.50 bits per heavy atom. The van der Waals surface area contributed by atoms with Crippen molar-refractivity contribution in [3.63, 3.8) is 0 Å². The number of hydrogen-bond donors (Lipinski definition) is 0. The number of hydrogen-bond acceptors (Lipinski definition) is 3. The Kier molecular flexibility index (Phi) is 3.92. The second-order valence-corrected chi connectivity index (χ2v) is 5.68. The molecule has 0 spiro atoms. The minimum absolute atomic E-state index is 0.194. The van der Waals surface area contributed by atoms with Crippen LogP contribution in [0.4, 0.5) is 10.2 Å². The normalized spacial score (nSPS) is 21.2. The van der Waals surface area contributed by atoms with Crippen LogP contribution in [-0.4, -0.2) is 29.1 Å². The summed E-state index contributed by atoms with van der Waals surface area (Å²) in [5.74, 6) is 1.40. The van der Waals surface area contributed by atoms with Crippen molar-refractivity contribution in [2.24, 2.45) is 0 Å². The van der Waals surface area contributed by atoms with Crippen LogP contribution in [0.3, 0.4) is 0 Å². The van der Waals surface area contributed by atoms with Crippen molar-refractivity contribution >= 4 is 29.2 Å². The van der Waals surface area contributed by atoms with Gasteiger partial charge < -0.3 is 4.90 Å². The summed E-state index contributed by atoms with van der Waals surface area (Å²) in [5, 5.41) is 0.523. The third kappa shape index (κ3) is 2.43. The summed E-state index contributed by atoms with van der Waals surface area (Å²) in [7, 11) is 0. The average Bonchev–Trinajstić information content (AvgIpc) is 2.29.